The van der Waals surface area contributed by atoms with Crippen molar-refractivity contribution in [2.45, 2.75) is 30.4 Å². The lowest BCUT2D eigenvalue weighted by Gasteiger charge is -2.49. The number of amides is 2. The van der Waals surface area contributed by atoms with Gasteiger partial charge in [-0.1, -0.05) is 16.9 Å². The Balaban J connectivity index is 0.00000506. The molecule has 2 aliphatic rings. The SMILES string of the molecule is CCOP(=O)(CCON=C(C(=O)NC1C(=O)N2C(C(=O)O)=C(CSc3nnnn3C)CS[C@@H]12)c1csc(N)n1)OCC.Cl. The van der Waals surface area contributed by atoms with Crippen molar-refractivity contribution in [2.75, 3.05) is 43.2 Å². The lowest BCUT2D eigenvalue weighted by atomic mass is 10.0. The highest BCUT2D eigenvalue weighted by Gasteiger charge is 2.54. The molecule has 2 atom stereocenters. The Hall–Kier alpha value is -2.74. The standard InChI is InChI=1S/C21H28N9O8PS3.ClH/c1-4-37-39(35,38-5-2)7-6-36-26-13(12-10-41-20(22)23-12)16(31)24-14-17(32)30-15(19(33)34)11(8-40-18(14)30)9-42-21-25-27-28-29(21)3;/h10,14,18H,4-9H2,1-3H3,(H2,22,23)(H,24,31)(H,33,34);1H/t14?,18-;/m0./s1. The molecular formula is C21H29ClN9O8PS3. The van der Waals surface area contributed by atoms with E-state index in [0.717, 1.165) is 11.3 Å². The molecular weight excluding hydrogens is 669 g/mol. The molecule has 17 nitrogen and oxygen atoms in total. The first-order valence-corrected chi connectivity index (χ1v) is 17.1. The largest absolute Gasteiger partial charge is 0.477 e. The Labute approximate surface area is 264 Å². The number of β-lactam (4-membered cyclic amide) rings is 1. The van der Waals surface area contributed by atoms with Crippen LogP contribution in [0.25, 0.3) is 0 Å². The van der Waals surface area contributed by atoms with Gasteiger partial charge in [0, 0.05) is 23.9 Å². The molecule has 0 bridgehead atoms. The molecule has 22 heteroatoms. The minimum Gasteiger partial charge on any atom is -0.477 e. The van der Waals surface area contributed by atoms with Crippen molar-refractivity contribution in [1.82, 2.24) is 35.4 Å². The number of rotatable bonds is 15. The molecule has 1 unspecified atom stereocenters. The summed E-state index contributed by atoms with van der Waals surface area (Å²) < 4.78 is 24.6. The molecule has 236 valence electrons. The number of halogens is 1. The number of fused-ring (bicyclic) bond motifs is 1. The van der Waals surface area contributed by atoms with Crippen molar-refractivity contribution in [2.24, 2.45) is 12.2 Å². The van der Waals surface area contributed by atoms with Gasteiger partial charge in [0.2, 0.25) is 5.16 Å². The quantitative estimate of drug-likeness (QED) is 0.0593. The first-order chi connectivity index (χ1) is 20.1. The number of carboxylic acids is 1. The lowest BCUT2D eigenvalue weighted by molar-refractivity contribution is -0.150. The van der Waals surface area contributed by atoms with Crippen LogP contribution in [-0.4, -0.2) is 108 Å². The van der Waals surface area contributed by atoms with Crippen molar-refractivity contribution >= 4 is 83.5 Å². The fourth-order valence-corrected chi connectivity index (χ4v) is 8.23. The highest BCUT2D eigenvalue weighted by Crippen LogP contribution is 2.47. The second-order valence-corrected chi connectivity index (χ2v) is 13.6. The van der Waals surface area contributed by atoms with E-state index in [1.165, 1.54) is 38.5 Å². The first-order valence-electron chi connectivity index (χ1n) is 12.4. The second kappa shape index (κ2) is 15.3. The highest BCUT2D eigenvalue weighted by atomic mass is 35.5. The van der Waals surface area contributed by atoms with Crippen LogP contribution in [0.4, 0.5) is 5.13 Å². The van der Waals surface area contributed by atoms with Crippen LogP contribution in [0, 0.1) is 0 Å². The number of nitrogens with two attached hydrogens (primary N) is 1. The highest BCUT2D eigenvalue weighted by molar-refractivity contribution is 8.01. The number of nitrogens with one attached hydrogen (secondary N) is 1. The van der Waals surface area contributed by atoms with E-state index in [0.29, 0.717) is 16.5 Å². The fourth-order valence-electron chi connectivity index (χ4n) is 3.92. The molecule has 0 aromatic carbocycles. The maximum absolute atomic E-state index is 13.3. The summed E-state index contributed by atoms with van der Waals surface area (Å²) in [5.41, 5.74) is 5.98. The van der Waals surface area contributed by atoms with Gasteiger partial charge >= 0.3 is 13.6 Å². The summed E-state index contributed by atoms with van der Waals surface area (Å²) in [6.07, 6.45) is -0.112. The molecule has 4 rings (SSSR count). The van der Waals surface area contributed by atoms with Crippen LogP contribution in [0.5, 0.6) is 0 Å². The molecule has 43 heavy (non-hydrogen) atoms. The van der Waals surface area contributed by atoms with Gasteiger partial charge in [0.1, 0.15) is 29.4 Å². The van der Waals surface area contributed by atoms with E-state index in [1.807, 2.05) is 0 Å². The number of hydrogen-bond acceptors (Lipinski definition) is 16. The summed E-state index contributed by atoms with van der Waals surface area (Å²) >= 11 is 3.63. The van der Waals surface area contributed by atoms with Gasteiger partial charge in [-0.05, 0) is 29.8 Å². The number of oxime groups is 1. The summed E-state index contributed by atoms with van der Waals surface area (Å²) in [5.74, 6) is -2.06. The van der Waals surface area contributed by atoms with Gasteiger partial charge in [-0.2, -0.15) is 0 Å². The molecule has 0 spiro atoms. The fraction of sp³-hybridized carbons (Fsp3) is 0.524. The average molecular weight is 698 g/mol. The Morgan fingerprint density at radius 3 is 2.63 bits per heavy atom. The van der Waals surface area contributed by atoms with E-state index in [1.54, 1.807) is 20.9 Å². The maximum atomic E-state index is 13.3. The van der Waals surface area contributed by atoms with Gasteiger partial charge in [-0.15, -0.1) is 40.6 Å². The number of nitrogens with zero attached hydrogens (tertiary/aromatic N) is 7. The van der Waals surface area contributed by atoms with Crippen molar-refractivity contribution in [3.8, 4) is 0 Å². The lowest BCUT2D eigenvalue weighted by Crippen LogP contribution is -2.71. The number of carboxylic acid groups (broad SMARTS) is 1. The summed E-state index contributed by atoms with van der Waals surface area (Å²) in [7, 11) is -1.74. The minimum atomic E-state index is -3.40. The van der Waals surface area contributed by atoms with Crippen LogP contribution < -0.4 is 11.1 Å². The number of carbonyl (C=O) groups excluding carboxylic acids is 2. The molecule has 2 aromatic heterocycles. The van der Waals surface area contributed by atoms with Crippen LogP contribution >= 0.6 is 54.9 Å². The van der Waals surface area contributed by atoms with E-state index < -0.39 is 36.8 Å². The third kappa shape index (κ3) is 8.05. The number of thiazole rings is 1. The van der Waals surface area contributed by atoms with Crippen LogP contribution in [0.3, 0.4) is 0 Å². The van der Waals surface area contributed by atoms with E-state index in [4.69, 9.17) is 19.6 Å². The van der Waals surface area contributed by atoms with E-state index in [2.05, 4.69) is 31.0 Å². The summed E-state index contributed by atoms with van der Waals surface area (Å²) in [6, 6.07) is -1.02. The van der Waals surface area contributed by atoms with E-state index in [-0.39, 0.29) is 66.4 Å². The van der Waals surface area contributed by atoms with Crippen molar-refractivity contribution < 1.29 is 37.9 Å². The van der Waals surface area contributed by atoms with Gasteiger partial charge in [0.15, 0.2) is 10.8 Å². The van der Waals surface area contributed by atoms with Crippen LogP contribution in [-0.2, 0) is 39.9 Å². The number of aliphatic carboxylic acids is 1. The van der Waals surface area contributed by atoms with Crippen LogP contribution in [0.1, 0.15) is 19.5 Å². The number of anilines is 1. The summed E-state index contributed by atoms with van der Waals surface area (Å²) in [4.78, 5) is 49.1. The summed E-state index contributed by atoms with van der Waals surface area (Å²) in [5, 5.41) is 29.1. The number of nitrogen functional groups attached to an aromatic ring is 1. The molecule has 4 N–H and O–H groups in total. The Morgan fingerprint density at radius 1 is 1.33 bits per heavy atom. The second-order valence-electron chi connectivity index (χ2n) is 8.51. The zero-order valence-corrected chi connectivity index (χ0v) is 27.2. The molecule has 2 aromatic rings. The molecule has 0 saturated carbocycles. The van der Waals surface area contributed by atoms with Gasteiger partial charge in [0.05, 0.1) is 19.4 Å². The van der Waals surface area contributed by atoms with E-state index in [9.17, 15) is 24.1 Å². The Morgan fingerprint density at radius 2 is 2.05 bits per heavy atom. The molecule has 2 amide bonds. The molecule has 0 aliphatic carbocycles. The summed E-state index contributed by atoms with van der Waals surface area (Å²) in [6.45, 7) is 3.52. The number of thioether (sulfide) groups is 2. The molecule has 1 fully saturated rings. The van der Waals surface area contributed by atoms with Gasteiger partial charge in [-0.3, -0.25) is 19.1 Å². The number of carbonyl (C=O) groups is 3. The average Bonchev–Trinajstić information content (AvgIpc) is 3.57. The van der Waals surface area contributed by atoms with E-state index >= 15 is 0 Å². The van der Waals surface area contributed by atoms with Gasteiger partial charge in [0.25, 0.3) is 11.8 Å². The molecule has 1 saturated heterocycles. The van der Waals surface area contributed by atoms with Gasteiger partial charge < -0.3 is 30.0 Å². The predicted octanol–water partition coefficient (Wildman–Crippen LogP) is 1.19. The number of aryl methyl sites for hydroxylation is 1. The first kappa shape index (κ1) is 34.7. The number of tetrazole rings is 1. The Bertz CT molecular complexity index is 1440. The zero-order valence-electron chi connectivity index (χ0n) is 23.1. The van der Waals surface area contributed by atoms with Crippen LogP contribution in [0.2, 0.25) is 0 Å². The zero-order chi connectivity index (χ0) is 30.4. The van der Waals surface area contributed by atoms with Crippen molar-refractivity contribution in [1.29, 1.82) is 0 Å². The van der Waals surface area contributed by atoms with Crippen molar-refractivity contribution in [3.05, 3.63) is 22.3 Å². The molecule has 2 aliphatic heterocycles. The van der Waals surface area contributed by atoms with Crippen molar-refractivity contribution in [3.63, 3.8) is 0 Å². The monoisotopic (exact) mass is 697 g/mol. The number of aromatic nitrogens is 5. The smallest absolute Gasteiger partial charge is 0.352 e. The van der Waals surface area contributed by atoms with Gasteiger partial charge in [-0.25, -0.2) is 14.5 Å². The third-order valence-electron chi connectivity index (χ3n) is 5.74. The normalized spacial score (nSPS) is 18.5. The number of hydrogen-bond donors (Lipinski definition) is 3. The molecule has 4 heterocycles. The predicted molar refractivity (Wildman–Crippen MR) is 161 cm³/mol. The minimum absolute atomic E-state index is 0. The molecule has 0 radical (unpaired) electrons. The Kier molecular flexibility index (Phi) is 12.4. The maximum Gasteiger partial charge on any atom is 0.352 e. The third-order valence-corrected chi connectivity index (χ3v) is 10.9. The van der Waals surface area contributed by atoms with Crippen LogP contribution in [0.15, 0.2) is 27.0 Å². The topological polar surface area (TPSA) is 226 Å².